The van der Waals surface area contributed by atoms with Gasteiger partial charge in [0.05, 0.1) is 29.4 Å². The molecule has 148 valence electrons. The van der Waals surface area contributed by atoms with Crippen LogP contribution in [0.1, 0.15) is 17.7 Å². The Bertz CT molecular complexity index is 858. The van der Waals surface area contributed by atoms with E-state index in [2.05, 4.69) is 15.8 Å². The number of anilines is 1. The SMILES string of the molecule is O=C(CN1CCCC(C(=O)N/N=C/c2cccs2)C1)Nc1cc(Cl)ccc1Cl. The number of rotatable bonds is 6. The zero-order valence-electron chi connectivity index (χ0n) is 15.0. The number of carbonyl (C=O) groups excluding carboxylic acids is 2. The van der Waals surface area contributed by atoms with Gasteiger partial charge < -0.3 is 5.32 Å². The third kappa shape index (κ3) is 6.04. The highest BCUT2D eigenvalue weighted by Gasteiger charge is 2.26. The maximum absolute atomic E-state index is 12.4. The molecule has 1 atom stereocenters. The van der Waals surface area contributed by atoms with Crippen LogP contribution in [-0.2, 0) is 9.59 Å². The second-order valence-electron chi connectivity index (χ2n) is 6.50. The lowest BCUT2D eigenvalue weighted by Crippen LogP contribution is -2.44. The standard InChI is InChI=1S/C19H20Cl2N4O2S/c20-14-5-6-16(21)17(9-14)23-18(26)12-25-7-1-3-13(11-25)19(27)24-22-10-15-4-2-8-28-15/h2,4-6,8-10,13H,1,3,7,11-12H2,(H,23,26)(H,24,27)/b22-10+. The van der Waals surface area contributed by atoms with Gasteiger partial charge in [-0.1, -0.05) is 29.3 Å². The third-order valence-electron chi connectivity index (χ3n) is 4.36. The van der Waals surface area contributed by atoms with E-state index in [1.54, 1.807) is 35.8 Å². The van der Waals surface area contributed by atoms with Crippen molar-refractivity contribution in [1.29, 1.82) is 0 Å². The van der Waals surface area contributed by atoms with Crippen molar-refractivity contribution in [3.63, 3.8) is 0 Å². The monoisotopic (exact) mass is 438 g/mol. The van der Waals surface area contributed by atoms with E-state index in [9.17, 15) is 9.59 Å². The maximum atomic E-state index is 12.4. The van der Waals surface area contributed by atoms with Crippen LogP contribution in [0.2, 0.25) is 10.0 Å². The first-order valence-corrected chi connectivity index (χ1v) is 10.5. The van der Waals surface area contributed by atoms with Crippen LogP contribution in [0.25, 0.3) is 0 Å². The zero-order chi connectivity index (χ0) is 19.9. The van der Waals surface area contributed by atoms with Crippen molar-refractivity contribution in [3.05, 3.63) is 50.6 Å². The van der Waals surface area contributed by atoms with Crippen LogP contribution < -0.4 is 10.7 Å². The Morgan fingerprint density at radius 3 is 2.96 bits per heavy atom. The summed E-state index contributed by atoms with van der Waals surface area (Å²) in [7, 11) is 0. The van der Waals surface area contributed by atoms with Gasteiger partial charge in [0.1, 0.15) is 0 Å². The molecular weight excluding hydrogens is 419 g/mol. The van der Waals surface area contributed by atoms with Gasteiger partial charge in [0, 0.05) is 16.4 Å². The molecule has 1 fully saturated rings. The number of hydrazone groups is 1. The number of carbonyl (C=O) groups is 2. The molecule has 0 spiro atoms. The average molecular weight is 439 g/mol. The molecule has 0 bridgehead atoms. The molecule has 3 rings (SSSR count). The highest BCUT2D eigenvalue weighted by molar-refractivity contribution is 7.11. The van der Waals surface area contributed by atoms with Crippen LogP contribution in [0.4, 0.5) is 5.69 Å². The van der Waals surface area contributed by atoms with Gasteiger partial charge in [0.25, 0.3) is 0 Å². The van der Waals surface area contributed by atoms with Crippen molar-refractivity contribution < 1.29 is 9.59 Å². The van der Waals surface area contributed by atoms with E-state index >= 15 is 0 Å². The van der Waals surface area contributed by atoms with Gasteiger partial charge in [-0.25, -0.2) is 5.43 Å². The predicted octanol–water partition coefficient (Wildman–Crippen LogP) is 3.86. The lowest BCUT2D eigenvalue weighted by Gasteiger charge is -2.31. The first-order valence-electron chi connectivity index (χ1n) is 8.85. The first kappa shape index (κ1) is 20.8. The second-order valence-corrected chi connectivity index (χ2v) is 8.32. The van der Waals surface area contributed by atoms with Gasteiger partial charge in [-0.2, -0.15) is 5.10 Å². The summed E-state index contributed by atoms with van der Waals surface area (Å²) in [6, 6.07) is 8.76. The Balaban J connectivity index is 1.49. The minimum atomic E-state index is -0.197. The lowest BCUT2D eigenvalue weighted by atomic mass is 9.97. The molecule has 1 aliphatic rings. The van der Waals surface area contributed by atoms with E-state index in [-0.39, 0.29) is 24.3 Å². The summed E-state index contributed by atoms with van der Waals surface area (Å²) >= 11 is 13.6. The molecular formula is C19H20Cl2N4O2S. The van der Waals surface area contributed by atoms with E-state index in [4.69, 9.17) is 23.2 Å². The molecule has 2 amide bonds. The number of nitrogens with one attached hydrogen (secondary N) is 2. The highest BCUT2D eigenvalue weighted by atomic mass is 35.5. The Kier molecular flexibility index (Phi) is 7.44. The summed E-state index contributed by atoms with van der Waals surface area (Å²) in [4.78, 5) is 27.6. The molecule has 1 unspecified atom stereocenters. The zero-order valence-corrected chi connectivity index (χ0v) is 17.4. The average Bonchev–Trinajstić information content (AvgIpc) is 3.18. The maximum Gasteiger partial charge on any atom is 0.244 e. The Labute approximate surface area is 177 Å². The highest BCUT2D eigenvalue weighted by Crippen LogP contribution is 2.25. The third-order valence-corrected chi connectivity index (χ3v) is 5.73. The quantitative estimate of drug-likeness (QED) is 0.531. The molecule has 2 heterocycles. The normalized spacial score (nSPS) is 17.6. The molecule has 0 aliphatic carbocycles. The van der Waals surface area contributed by atoms with Gasteiger partial charge in [-0.15, -0.1) is 11.3 Å². The lowest BCUT2D eigenvalue weighted by molar-refractivity contribution is -0.127. The largest absolute Gasteiger partial charge is 0.324 e. The fraction of sp³-hybridized carbons (Fsp3) is 0.316. The minimum absolute atomic E-state index is 0.129. The Morgan fingerprint density at radius 2 is 2.18 bits per heavy atom. The van der Waals surface area contributed by atoms with E-state index in [1.807, 2.05) is 22.4 Å². The summed E-state index contributed by atoms with van der Waals surface area (Å²) in [5, 5.41) is 9.66. The number of amides is 2. The molecule has 28 heavy (non-hydrogen) atoms. The molecule has 6 nitrogen and oxygen atoms in total. The molecule has 0 radical (unpaired) electrons. The van der Waals surface area contributed by atoms with Gasteiger partial charge in [0.2, 0.25) is 11.8 Å². The molecule has 1 aliphatic heterocycles. The summed E-state index contributed by atoms with van der Waals surface area (Å²) < 4.78 is 0. The predicted molar refractivity (Wildman–Crippen MR) is 114 cm³/mol. The Hall–Kier alpha value is -1.93. The number of hydrogen-bond acceptors (Lipinski definition) is 5. The molecule has 1 saturated heterocycles. The van der Waals surface area contributed by atoms with Gasteiger partial charge in [0.15, 0.2) is 0 Å². The van der Waals surface area contributed by atoms with Crippen molar-refractivity contribution in [2.24, 2.45) is 11.0 Å². The topological polar surface area (TPSA) is 73.8 Å². The smallest absolute Gasteiger partial charge is 0.244 e. The number of likely N-dealkylation sites (tertiary alicyclic amines) is 1. The van der Waals surface area contributed by atoms with E-state index in [0.29, 0.717) is 22.3 Å². The van der Waals surface area contributed by atoms with Crippen molar-refractivity contribution in [2.75, 3.05) is 25.0 Å². The number of benzene rings is 1. The van der Waals surface area contributed by atoms with Crippen LogP contribution >= 0.6 is 34.5 Å². The molecule has 2 N–H and O–H groups in total. The van der Waals surface area contributed by atoms with Crippen molar-refractivity contribution >= 4 is 58.3 Å². The van der Waals surface area contributed by atoms with Gasteiger partial charge in [-0.3, -0.25) is 14.5 Å². The Morgan fingerprint density at radius 1 is 1.32 bits per heavy atom. The van der Waals surface area contributed by atoms with Crippen molar-refractivity contribution in [2.45, 2.75) is 12.8 Å². The number of thiophene rings is 1. The van der Waals surface area contributed by atoms with E-state index < -0.39 is 0 Å². The molecule has 1 aromatic heterocycles. The summed E-state index contributed by atoms with van der Waals surface area (Å²) in [6.07, 6.45) is 3.25. The number of hydrogen-bond donors (Lipinski definition) is 2. The summed E-state index contributed by atoms with van der Waals surface area (Å²) in [5.41, 5.74) is 3.08. The van der Waals surface area contributed by atoms with E-state index in [0.717, 1.165) is 24.3 Å². The van der Waals surface area contributed by atoms with Crippen molar-refractivity contribution in [1.82, 2.24) is 10.3 Å². The van der Waals surface area contributed by atoms with Gasteiger partial charge in [-0.05, 0) is 49.0 Å². The summed E-state index contributed by atoms with van der Waals surface area (Å²) in [5.74, 6) is -0.520. The number of nitrogens with zero attached hydrogens (tertiary/aromatic N) is 2. The molecule has 2 aromatic rings. The minimum Gasteiger partial charge on any atom is -0.324 e. The van der Waals surface area contributed by atoms with Crippen molar-refractivity contribution in [3.8, 4) is 0 Å². The van der Waals surface area contributed by atoms with Crippen LogP contribution in [0, 0.1) is 5.92 Å². The van der Waals surface area contributed by atoms with Crippen LogP contribution in [0.5, 0.6) is 0 Å². The number of piperidine rings is 1. The molecule has 1 aromatic carbocycles. The second kappa shape index (κ2) is 10.0. The first-order chi connectivity index (χ1) is 13.5. The van der Waals surface area contributed by atoms with E-state index in [1.165, 1.54) is 0 Å². The molecule has 9 heteroatoms. The number of halogens is 2. The van der Waals surface area contributed by atoms with Crippen LogP contribution in [0.3, 0.4) is 0 Å². The van der Waals surface area contributed by atoms with Crippen LogP contribution in [0.15, 0.2) is 40.8 Å². The fourth-order valence-electron chi connectivity index (χ4n) is 3.01. The fourth-order valence-corrected chi connectivity index (χ4v) is 3.94. The molecule has 0 saturated carbocycles. The summed E-state index contributed by atoms with van der Waals surface area (Å²) in [6.45, 7) is 1.46. The van der Waals surface area contributed by atoms with Gasteiger partial charge >= 0.3 is 0 Å². The van der Waals surface area contributed by atoms with Crippen LogP contribution in [-0.4, -0.2) is 42.6 Å².